The van der Waals surface area contributed by atoms with Gasteiger partial charge in [-0.2, -0.15) is 0 Å². The summed E-state index contributed by atoms with van der Waals surface area (Å²) in [6, 6.07) is 0. The summed E-state index contributed by atoms with van der Waals surface area (Å²) in [5.74, 6) is -0.856. The molecule has 0 aliphatic rings. The highest BCUT2D eigenvalue weighted by atomic mass is 16.4. The van der Waals surface area contributed by atoms with E-state index in [1.165, 1.54) is 0 Å². The topological polar surface area (TPSA) is 49.3 Å². The fourth-order valence-corrected chi connectivity index (χ4v) is 0.342. The van der Waals surface area contributed by atoms with Gasteiger partial charge in [-0.3, -0.25) is 0 Å². The molecule has 3 nitrogen and oxygen atoms in total. The molecule has 0 amide bonds. The van der Waals surface area contributed by atoms with Crippen LogP contribution in [0.3, 0.4) is 0 Å². The Hall–Kier alpha value is -0.830. The van der Waals surface area contributed by atoms with Gasteiger partial charge in [0.2, 0.25) is 0 Å². The summed E-state index contributed by atoms with van der Waals surface area (Å²) in [7, 11) is 1.77. The second-order valence-electron chi connectivity index (χ2n) is 1.75. The third-order valence-corrected chi connectivity index (χ3v) is 0.950. The molecule has 0 saturated heterocycles. The van der Waals surface area contributed by atoms with Gasteiger partial charge in [-0.15, -0.1) is 0 Å². The standard InChI is InChI=1S/C6H11NO2/c1-5(6(8)9)3-4-7-2/h3,7H,4H2,1-2H3,(H,8,9)/b5-3-. The van der Waals surface area contributed by atoms with Crippen LogP contribution in [0.15, 0.2) is 11.6 Å². The maximum atomic E-state index is 10.1. The van der Waals surface area contributed by atoms with Crippen LogP contribution in [0.5, 0.6) is 0 Å². The predicted octanol–water partition coefficient (Wildman–Crippen LogP) is 0.237. The van der Waals surface area contributed by atoms with Gasteiger partial charge in [0.25, 0.3) is 0 Å². The zero-order valence-corrected chi connectivity index (χ0v) is 5.64. The number of hydrogen-bond donors (Lipinski definition) is 2. The Balaban J connectivity index is 3.69. The molecule has 0 aromatic rings. The van der Waals surface area contributed by atoms with E-state index >= 15 is 0 Å². The molecule has 0 bridgehead atoms. The molecule has 0 aliphatic carbocycles. The number of likely N-dealkylation sites (N-methyl/N-ethyl adjacent to an activating group) is 1. The Kier molecular flexibility index (Phi) is 3.71. The largest absolute Gasteiger partial charge is 0.478 e. The lowest BCUT2D eigenvalue weighted by molar-refractivity contribution is -0.132. The lowest BCUT2D eigenvalue weighted by Crippen LogP contribution is -2.07. The molecule has 52 valence electrons. The highest BCUT2D eigenvalue weighted by molar-refractivity contribution is 5.85. The van der Waals surface area contributed by atoms with E-state index < -0.39 is 5.97 Å². The molecular weight excluding hydrogens is 118 g/mol. The summed E-state index contributed by atoms with van der Waals surface area (Å²) in [4.78, 5) is 10.1. The van der Waals surface area contributed by atoms with Crippen molar-refractivity contribution in [2.24, 2.45) is 0 Å². The molecule has 0 heterocycles. The van der Waals surface area contributed by atoms with E-state index in [0.717, 1.165) is 0 Å². The average Bonchev–Trinajstić information content (AvgIpc) is 1.82. The first-order valence-corrected chi connectivity index (χ1v) is 2.73. The lowest BCUT2D eigenvalue weighted by atomic mass is 10.3. The van der Waals surface area contributed by atoms with Crippen LogP contribution in [0.1, 0.15) is 6.92 Å². The molecule has 0 spiro atoms. The third-order valence-electron chi connectivity index (χ3n) is 0.950. The van der Waals surface area contributed by atoms with Gasteiger partial charge in [-0.1, -0.05) is 6.08 Å². The number of nitrogens with one attached hydrogen (secondary N) is 1. The molecule has 0 aromatic carbocycles. The Morgan fingerprint density at radius 2 is 2.33 bits per heavy atom. The van der Waals surface area contributed by atoms with Crippen LogP contribution in [0.25, 0.3) is 0 Å². The van der Waals surface area contributed by atoms with Gasteiger partial charge in [0, 0.05) is 12.1 Å². The normalized spacial score (nSPS) is 11.6. The number of aliphatic carboxylic acids is 1. The Morgan fingerprint density at radius 1 is 1.78 bits per heavy atom. The van der Waals surface area contributed by atoms with Crippen LogP contribution >= 0.6 is 0 Å². The molecule has 0 fully saturated rings. The molecule has 0 aliphatic heterocycles. The first kappa shape index (κ1) is 8.17. The molecule has 0 saturated carbocycles. The van der Waals surface area contributed by atoms with Crippen molar-refractivity contribution in [2.75, 3.05) is 13.6 Å². The number of rotatable bonds is 3. The van der Waals surface area contributed by atoms with Gasteiger partial charge < -0.3 is 10.4 Å². The first-order chi connectivity index (χ1) is 4.18. The van der Waals surface area contributed by atoms with Crippen LogP contribution < -0.4 is 5.32 Å². The maximum absolute atomic E-state index is 10.1. The highest BCUT2D eigenvalue weighted by Gasteiger charge is 1.95. The minimum absolute atomic E-state index is 0.379. The Morgan fingerprint density at radius 3 is 2.67 bits per heavy atom. The number of carboxylic acid groups (broad SMARTS) is 1. The van der Waals surface area contributed by atoms with Gasteiger partial charge in [0.1, 0.15) is 0 Å². The molecule has 3 heteroatoms. The zero-order valence-electron chi connectivity index (χ0n) is 5.64. The minimum atomic E-state index is -0.856. The first-order valence-electron chi connectivity index (χ1n) is 2.73. The van der Waals surface area contributed by atoms with E-state index in [-0.39, 0.29) is 0 Å². The summed E-state index contributed by atoms with van der Waals surface area (Å²) >= 11 is 0. The zero-order chi connectivity index (χ0) is 7.28. The predicted molar refractivity (Wildman–Crippen MR) is 35.3 cm³/mol. The minimum Gasteiger partial charge on any atom is -0.478 e. The van der Waals surface area contributed by atoms with Gasteiger partial charge >= 0.3 is 5.97 Å². The fraction of sp³-hybridized carbons (Fsp3) is 0.500. The maximum Gasteiger partial charge on any atom is 0.330 e. The highest BCUT2D eigenvalue weighted by Crippen LogP contribution is 1.88. The molecule has 0 unspecified atom stereocenters. The van der Waals surface area contributed by atoms with E-state index in [2.05, 4.69) is 5.32 Å². The van der Waals surface area contributed by atoms with Gasteiger partial charge in [-0.05, 0) is 14.0 Å². The Labute approximate surface area is 54.4 Å². The van der Waals surface area contributed by atoms with Gasteiger partial charge in [0.05, 0.1) is 0 Å². The second kappa shape index (κ2) is 4.09. The monoisotopic (exact) mass is 129 g/mol. The quantitative estimate of drug-likeness (QED) is 0.536. The van der Waals surface area contributed by atoms with E-state index in [1.54, 1.807) is 20.0 Å². The average molecular weight is 129 g/mol. The van der Waals surface area contributed by atoms with Crippen molar-refractivity contribution in [3.63, 3.8) is 0 Å². The van der Waals surface area contributed by atoms with Crippen LogP contribution in [-0.2, 0) is 4.79 Å². The summed E-state index contributed by atoms with van der Waals surface area (Å²) < 4.78 is 0. The van der Waals surface area contributed by atoms with Crippen molar-refractivity contribution < 1.29 is 9.90 Å². The number of hydrogen-bond acceptors (Lipinski definition) is 2. The third kappa shape index (κ3) is 3.73. The summed E-state index contributed by atoms with van der Waals surface area (Å²) in [6.45, 7) is 2.18. The number of carboxylic acids is 1. The van der Waals surface area contributed by atoms with Crippen LogP contribution in [0, 0.1) is 0 Å². The molecule has 0 radical (unpaired) electrons. The van der Waals surface area contributed by atoms with Crippen LogP contribution in [0.4, 0.5) is 0 Å². The summed E-state index contributed by atoms with van der Waals surface area (Å²) in [6.07, 6.45) is 1.63. The summed E-state index contributed by atoms with van der Waals surface area (Å²) in [5.41, 5.74) is 0.379. The van der Waals surface area contributed by atoms with Crippen molar-refractivity contribution in [2.45, 2.75) is 6.92 Å². The van der Waals surface area contributed by atoms with E-state index in [1.807, 2.05) is 0 Å². The molecular formula is C6H11NO2. The van der Waals surface area contributed by atoms with Crippen molar-refractivity contribution in [3.8, 4) is 0 Å². The molecule has 9 heavy (non-hydrogen) atoms. The van der Waals surface area contributed by atoms with Crippen molar-refractivity contribution >= 4 is 5.97 Å². The molecule has 2 N–H and O–H groups in total. The van der Waals surface area contributed by atoms with Crippen molar-refractivity contribution in [3.05, 3.63) is 11.6 Å². The fourth-order valence-electron chi connectivity index (χ4n) is 0.342. The smallest absolute Gasteiger partial charge is 0.330 e. The van der Waals surface area contributed by atoms with Gasteiger partial charge in [-0.25, -0.2) is 4.79 Å². The van der Waals surface area contributed by atoms with Crippen molar-refractivity contribution in [1.82, 2.24) is 5.32 Å². The number of carbonyl (C=O) groups is 1. The van der Waals surface area contributed by atoms with Crippen LogP contribution in [-0.4, -0.2) is 24.7 Å². The van der Waals surface area contributed by atoms with E-state index in [0.29, 0.717) is 12.1 Å². The van der Waals surface area contributed by atoms with Gasteiger partial charge in [0.15, 0.2) is 0 Å². The molecule has 0 aromatic heterocycles. The van der Waals surface area contributed by atoms with E-state index in [9.17, 15) is 4.79 Å². The summed E-state index contributed by atoms with van der Waals surface area (Å²) in [5, 5.41) is 11.1. The Bertz CT molecular complexity index is 129. The van der Waals surface area contributed by atoms with E-state index in [4.69, 9.17) is 5.11 Å². The molecule has 0 rings (SSSR count). The SMILES string of the molecule is CNC/C=C(/C)C(=O)O. The van der Waals surface area contributed by atoms with Crippen LogP contribution in [0.2, 0.25) is 0 Å². The second-order valence-corrected chi connectivity index (χ2v) is 1.75. The molecule has 0 atom stereocenters. The lowest BCUT2D eigenvalue weighted by Gasteiger charge is -1.91. The van der Waals surface area contributed by atoms with Crippen molar-refractivity contribution in [1.29, 1.82) is 0 Å².